The smallest absolute Gasteiger partial charge is 0.307 e. The highest BCUT2D eigenvalue weighted by molar-refractivity contribution is 7.07. The first-order chi connectivity index (χ1) is 11.0. The Bertz CT molecular complexity index is 868. The predicted octanol–water partition coefficient (Wildman–Crippen LogP) is 3.83. The van der Waals surface area contributed by atoms with Gasteiger partial charge in [-0.25, -0.2) is 4.39 Å². The molecule has 2 aromatic heterocycles. The maximum absolute atomic E-state index is 14.1. The van der Waals surface area contributed by atoms with Crippen LogP contribution in [0, 0.1) is 12.7 Å². The highest BCUT2D eigenvalue weighted by Crippen LogP contribution is 2.32. The van der Waals surface area contributed by atoms with E-state index in [2.05, 4.69) is 0 Å². The summed E-state index contributed by atoms with van der Waals surface area (Å²) in [4.78, 5) is 11.2. The summed E-state index contributed by atoms with van der Waals surface area (Å²) in [5.41, 5.74) is 3.32. The van der Waals surface area contributed by atoms with Crippen molar-refractivity contribution < 1.29 is 19.0 Å². The van der Waals surface area contributed by atoms with E-state index in [-0.39, 0.29) is 12.2 Å². The minimum atomic E-state index is -0.911. The number of hydrogen-bond acceptors (Lipinski definition) is 3. The van der Waals surface area contributed by atoms with Crippen LogP contribution < -0.4 is 4.74 Å². The highest BCUT2D eigenvalue weighted by atomic mass is 32.1. The Labute approximate surface area is 136 Å². The van der Waals surface area contributed by atoms with Crippen LogP contribution in [0.4, 0.5) is 4.39 Å². The third-order valence-corrected chi connectivity index (χ3v) is 4.71. The fraction of sp³-hybridized carbons (Fsp3) is 0.235. The first-order valence-electron chi connectivity index (χ1n) is 7.09. The summed E-state index contributed by atoms with van der Waals surface area (Å²) in [5, 5.41) is 13.9. The molecule has 2 heterocycles. The van der Waals surface area contributed by atoms with E-state index >= 15 is 0 Å². The number of carboxylic acid groups (broad SMARTS) is 1. The van der Waals surface area contributed by atoms with Gasteiger partial charge in [-0.05, 0) is 40.9 Å². The van der Waals surface area contributed by atoms with Gasteiger partial charge in [0.1, 0.15) is 0 Å². The number of ether oxygens (including phenoxy) is 1. The minimum Gasteiger partial charge on any atom is -0.494 e. The van der Waals surface area contributed by atoms with Crippen molar-refractivity contribution >= 4 is 28.2 Å². The van der Waals surface area contributed by atoms with Gasteiger partial charge in [-0.3, -0.25) is 4.79 Å². The van der Waals surface area contributed by atoms with Gasteiger partial charge in [0.05, 0.1) is 19.0 Å². The molecule has 0 unspecified atom stereocenters. The molecular weight excluding hydrogens is 317 g/mol. The molecular formula is C17H16FNO3S. The van der Waals surface area contributed by atoms with E-state index in [9.17, 15) is 14.3 Å². The molecule has 0 fully saturated rings. The van der Waals surface area contributed by atoms with Crippen LogP contribution in [0.3, 0.4) is 0 Å². The summed E-state index contributed by atoms with van der Waals surface area (Å²) < 4.78 is 21.1. The van der Waals surface area contributed by atoms with Gasteiger partial charge in [0.2, 0.25) is 0 Å². The van der Waals surface area contributed by atoms with Crippen molar-refractivity contribution in [1.29, 1.82) is 0 Å². The zero-order valence-corrected chi connectivity index (χ0v) is 13.6. The van der Waals surface area contributed by atoms with Crippen molar-refractivity contribution in [3.63, 3.8) is 0 Å². The second kappa shape index (κ2) is 6.04. The van der Waals surface area contributed by atoms with Crippen LogP contribution in [-0.4, -0.2) is 22.8 Å². The van der Waals surface area contributed by atoms with E-state index in [4.69, 9.17) is 4.74 Å². The number of methoxy groups -OCH3 is 1. The molecule has 4 nitrogen and oxygen atoms in total. The average molecular weight is 333 g/mol. The summed E-state index contributed by atoms with van der Waals surface area (Å²) in [6, 6.07) is 5.01. The van der Waals surface area contributed by atoms with Crippen LogP contribution in [0.2, 0.25) is 0 Å². The standard InChI is InChI=1S/C17H16FNO3S/c1-10-12(6-17(20)21)13-5-16(22-2)14(18)7-15(13)19(10)8-11-3-4-23-9-11/h3-5,7,9H,6,8H2,1-2H3,(H,20,21). The maximum atomic E-state index is 14.1. The molecule has 0 aliphatic rings. The van der Waals surface area contributed by atoms with E-state index in [0.717, 1.165) is 16.6 Å². The number of fused-ring (bicyclic) bond motifs is 1. The summed E-state index contributed by atoms with van der Waals surface area (Å²) in [6.07, 6.45) is -0.103. The lowest BCUT2D eigenvalue weighted by Gasteiger charge is -2.08. The van der Waals surface area contributed by atoms with Crippen LogP contribution in [0.1, 0.15) is 16.8 Å². The fourth-order valence-electron chi connectivity index (χ4n) is 2.85. The van der Waals surface area contributed by atoms with Crippen LogP contribution in [0.5, 0.6) is 5.75 Å². The van der Waals surface area contributed by atoms with Gasteiger partial charge in [-0.1, -0.05) is 0 Å². The van der Waals surface area contributed by atoms with Gasteiger partial charge in [0.25, 0.3) is 0 Å². The molecule has 0 saturated carbocycles. The van der Waals surface area contributed by atoms with Crippen molar-refractivity contribution in [2.75, 3.05) is 7.11 Å². The van der Waals surface area contributed by atoms with E-state index in [1.54, 1.807) is 17.4 Å². The molecule has 1 aromatic carbocycles. The quantitative estimate of drug-likeness (QED) is 0.772. The molecule has 0 amide bonds. The summed E-state index contributed by atoms with van der Waals surface area (Å²) in [7, 11) is 1.40. The van der Waals surface area contributed by atoms with Gasteiger partial charge in [-0.2, -0.15) is 11.3 Å². The Morgan fingerprint density at radius 1 is 1.43 bits per heavy atom. The van der Waals surface area contributed by atoms with E-state index in [1.165, 1.54) is 13.2 Å². The van der Waals surface area contributed by atoms with Crippen molar-refractivity contribution in [2.45, 2.75) is 19.9 Å². The number of nitrogens with zero attached hydrogens (tertiary/aromatic N) is 1. The molecule has 0 saturated heterocycles. The lowest BCUT2D eigenvalue weighted by atomic mass is 10.1. The third kappa shape index (κ3) is 2.82. The molecule has 23 heavy (non-hydrogen) atoms. The number of hydrogen-bond donors (Lipinski definition) is 1. The summed E-state index contributed by atoms with van der Waals surface area (Å²) in [6.45, 7) is 2.45. The minimum absolute atomic E-state index is 0.103. The van der Waals surface area contributed by atoms with Crippen molar-refractivity contribution in [1.82, 2.24) is 4.57 Å². The molecule has 0 radical (unpaired) electrons. The van der Waals surface area contributed by atoms with Crippen molar-refractivity contribution in [2.24, 2.45) is 0 Å². The topological polar surface area (TPSA) is 51.5 Å². The van der Waals surface area contributed by atoms with Gasteiger partial charge in [0, 0.05) is 23.7 Å². The first-order valence-corrected chi connectivity index (χ1v) is 8.03. The molecule has 0 atom stereocenters. The Kier molecular flexibility index (Phi) is 4.09. The molecule has 6 heteroatoms. The van der Waals surface area contributed by atoms with Crippen LogP contribution >= 0.6 is 11.3 Å². The molecule has 3 rings (SSSR count). The molecule has 0 bridgehead atoms. The van der Waals surface area contributed by atoms with Gasteiger partial charge < -0.3 is 14.4 Å². The fourth-order valence-corrected chi connectivity index (χ4v) is 3.51. The normalized spacial score (nSPS) is 11.1. The molecule has 0 spiro atoms. The van der Waals surface area contributed by atoms with Crippen LogP contribution in [-0.2, 0) is 17.8 Å². The molecule has 0 aliphatic heterocycles. The SMILES string of the molecule is COc1cc2c(CC(=O)O)c(C)n(Cc3ccsc3)c2cc1F. The van der Waals surface area contributed by atoms with Gasteiger partial charge >= 0.3 is 5.97 Å². The summed E-state index contributed by atoms with van der Waals surface area (Å²) in [5.74, 6) is -1.24. The number of rotatable bonds is 5. The second-order valence-electron chi connectivity index (χ2n) is 5.36. The first kappa shape index (κ1) is 15.6. The lowest BCUT2D eigenvalue weighted by Crippen LogP contribution is -2.04. The highest BCUT2D eigenvalue weighted by Gasteiger charge is 2.19. The number of thiophene rings is 1. The monoisotopic (exact) mass is 333 g/mol. The summed E-state index contributed by atoms with van der Waals surface area (Å²) >= 11 is 1.60. The number of carbonyl (C=O) groups is 1. The van der Waals surface area contributed by atoms with E-state index in [0.29, 0.717) is 17.6 Å². The average Bonchev–Trinajstić information content (AvgIpc) is 3.09. The third-order valence-electron chi connectivity index (χ3n) is 3.98. The number of benzene rings is 1. The Hall–Kier alpha value is -2.34. The lowest BCUT2D eigenvalue weighted by molar-refractivity contribution is -0.136. The van der Waals surface area contributed by atoms with Crippen molar-refractivity contribution in [3.05, 3.63) is 51.6 Å². The number of aliphatic carboxylic acids is 1. The van der Waals surface area contributed by atoms with Gasteiger partial charge in [-0.15, -0.1) is 0 Å². The molecule has 120 valence electrons. The second-order valence-corrected chi connectivity index (χ2v) is 6.14. The largest absolute Gasteiger partial charge is 0.494 e. The van der Waals surface area contributed by atoms with Crippen LogP contribution in [0.25, 0.3) is 10.9 Å². The zero-order chi connectivity index (χ0) is 16.6. The van der Waals surface area contributed by atoms with E-state index < -0.39 is 11.8 Å². The van der Waals surface area contributed by atoms with Crippen LogP contribution in [0.15, 0.2) is 29.0 Å². The number of halogens is 1. The Morgan fingerprint density at radius 3 is 2.83 bits per heavy atom. The Balaban J connectivity index is 2.23. The van der Waals surface area contributed by atoms with Crippen molar-refractivity contribution in [3.8, 4) is 5.75 Å². The van der Waals surface area contributed by atoms with E-state index in [1.807, 2.05) is 28.3 Å². The Morgan fingerprint density at radius 2 is 2.22 bits per heavy atom. The number of aromatic nitrogens is 1. The number of carboxylic acids is 1. The molecule has 1 N–H and O–H groups in total. The zero-order valence-electron chi connectivity index (χ0n) is 12.8. The molecule has 3 aromatic rings. The maximum Gasteiger partial charge on any atom is 0.307 e. The molecule has 0 aliphatic carbocycles. The van der Waals surface area contributed by atoms with Gasteiger partial charge in [0.15, 0.2) is 11.6 Å². The predicted molar refractivity (Wildman–Crippen MR) is 87.9 cm³/mol.